The number of hydrogen-bond donors (Lipinski definition) is 0. The molecule has 140 heavy (non-hydrogen) atoms. The Hall–Kier alpha value is -3.63. The first-order chi connectivity index (χ1) is 68.6. The maximum absolute atomic E-state index is 15.5. The van der Waals surface area contributed by atoms with Crippen molar-refractivity contribution in [3.63, 3.8) is 0 Å². The van der Waals surface area contributed by atoms with Crippen LogP contribution in [0.15, 0.2) is 60.7 Å². The van der Waals surface area contributed by atoms with Crippen LogP contribution in [0.5, 0.6) is 0 Å². The highest BCUT2D eigenvalue weighted by Crippen LogP contribution is 2.57. The van der Waals surface area contributed by atoms with E-state index in [0.717, 1.165) is 41.9 Å². The summed E-state index contributed by atoms with van der Waals surface area (Å²) in [6, 6.07) is 38.8. The number of hydrogen-bond acceptors (Lipinski definition) is 12. The van der Waals surface area contributed by atoms with Gasteiger partial charge in [0.2, 0.25) is 0 Å². The topological polar surface area (TPSA) is 52.6 Å². The minimum absolute atomic E-state index is 0.118. The quantitative estimate of drug-likeness (QED) is 0.0217. The summed E-state index contributed by atoms with van der Waals surface area (Å²) < 4.78 is 15.5. The van der Waals surface area contributed by atoms with Crippen molar-refractivity contribution < 1.29 is 19.1 Å². The molecule has 770 valence electrons. The molecule has 0 fully saturated rings. The van der Waals surface area contributed by atoms with Crippen molar-refractivity contribution >= 4 is 197 Å². The molecule has 0 amide bonds. The molecule has 2 atom stereocenters. The summed E-state index contributed by atoms with van der Waals surface area (Å²) >= 11 is 16.4. The van der Waals surface area contributed by atoms with Crippen LogP contribution in [0.4, 0.5) is 0 Å². The van der Waals surface area contributed by atoms with E-state index < -0.39 is 32.3 Å². The van der Waals surface area contributed by atoms with Crippen LogP contribution in [0.3, 0.4) is 0 Å². The lowest BCUT2D eigenvalue weighted by atomic mass is 10.0. The Balaban J connectivity index is 0.973. The van der Waals surface area contributed by atoms with E-state index >= 15 is 4.79 Å². The molecule has 10 aromatic rings. The highest BCUT2D eigenvalue weighted by molar-refractivity contribution is 7.35. The van der Waals surface area contributed by atoms with E-state index in [4.69, 9.17) is 9.47 Å². The third-order valence-corrected chi connectivity index (χ3v) is 66.0. The summed E-state index contributed by atoms with van der Waals surface area (Å²) in [4.78, 5) is 49.4. The first-order valence-corrected chi connectivity index (χ1v) is 75.1. The van der Waals surface area contributed by atoms with E-state index in [1.807, 2.05) is 26.9 Å². The Kier molecular flexibility index (Phi) is 45.0. The lowest BCUT2D eigenvalue weighted by Crippen LogP contribution is -2.56. The zero-order valence-electron chi connectivity index (χ0n) is 90.5. The molecule has 8 aromatic heterocycles. The minimum Gasteiger partial charge on any atom is -0.461 e. The van der Waals surface area contributed by atoms with Gasteiger partial charge in [-0.3, -0.25) is 0 Å². The van der Waals surface area contributed by atoms with Gasteiger partial charge >= 0.3 is 11.9 Å². The van der Waals surface area contributed by atoms with Gasteiger partial charge in [-0.2, -0.15) is 0 Å². The van der Waals surface area contributed by atoms with Crippen molar-refractivity contribution in [2.75, 3.05) is 13.2 Å². The summed E-state index contributed by atoms with van der Waals surface area (Å²) in [5.41, 5.74) is 6.65. The maximum Gasteiger partial charge on any atom is 0.348 e. The molecule has 0 saturated carbocycles. The lowest BCUT2D eigenvalue weighted by Gasteiger charge is -2.32. The second kappa shape index (κ2) is 56.3. The van der Waals surface area contributed by atoms with E-state index in [9.17, 15) is 4.79 Å². The third kappa shape index (κ3) is 26.1. The number of ether oxygens (including phenoxy) is 2. The van der Waals surface area contributed by atoms with Gasteiger partial charge in [0.1, 0.15) is 42.0 Å². The van der Waals surface area contributed by atoms with Crippen molar-refractivity contribution in [3.05, 3.63) is 80.2 Å². The van der Waals surface area contributed by atoms with Gasteiger partial charge in [-0.25, -0.2) is 9.59 Å². The Morgan fingerprint density at radius 2 is 0.493 bits per heavy atom. The third-order valence-electron chi connectivity index (χ3n) is 34.1. The Morgan fingerprint density at radius 3 is 0.786 bits per heavy atom. The number of rotatable bonds is 73. The Bertz CT molecular complexity index is 5430. The van der Waals surface area contributed by atoms with Gasteiger partial charge in [-0.15, -0.1) is 90.7 Å². The van der Waals surface area contributed by atoms with Gasteiger partial charge in [-0.05, 0) is 187 Å². The average molecular weight is 2110 g/mol. The van der Waals surface area contributed by atoms with Gasteiger partial charge < -0.3 is 9.47 Å². The summed E-state index contributed by atoms with van der Waals surface area (Å²) in [7, 11) is -9.64. The SMILES string of the molecule is CCCCCCCC[Si]1(CCCCCCCC)c2cc3c(cc2-c2sc(C)cc21)[Si](CCCCCCCC)(CCCCCCCC)c1cc(-c2sc(-c4cc5c(s4)-c4cc6c(cc4[Si]5(CCCCCCCC)CCCCCCCC)-c4sc(-c5sc(C)c7cc(C(=O)OCC(CC)CCCC)sc57)cc4[Si]6(CCCCCCCC)CCCCCCCC)c4sc(C(=O)OCC(CC)CCCC)cc24)sc1-3. The van der Waals surface area contributed by atoms with Gasteiger partial charge in [0.05, 0.1) is 37.2 Å². The highest BCUT2D eigenvalue weighted by Gasteiger charge is 2.55. The fourth-order valence-electron chi connectivity index (χ4n) is 25.7. The van der Waals surface area contributed by atoms with E-state index in [-0.39, 0.29) is 11.9 Å². The molecular weight excluding hydrogens is 1920 g/mol. The van der Waals surface area contributed by atoms with E-state index in [2.05, 4.69) is 214 Å². The fraction of sp³-hybridized carbons (Fsp3) is 0.661. The predicted octanol–water partition coefficient (Wildman–Crippen LogP) is 39.9. The van der Waals surface area contributed by atoms with Crippen LogP contribution >= 0.6 is 90.7 Å². The van der Waals surface area contributed by atoms with Crippen LogP contribution in [0.1, 0.15) is 472 Å². The van der Waals surface area contributed by atoms with Crippen LogP contribution in [-0.2, 0) is 9.47 Å². The van der Waals surface area contributed by atoms with Gasteiger partial charge in [-0.1, -0.05) is 454 Å². The molecule has 2 aromatic carbocycles. The minimum atomic E-state index is -2.54. The molecule has 0 saturated heterocycles. The largest absolute Gasteiger partial charge is 0.461 e. The second-order valence-corrected chi connectivity index (χ2v) is 70.2. The highest BCUT2D eigenvalue weighted by atomic mass is 32.1. The lowest BCUT2D eigenvalue weighted by molar-refractivity contribution is 0.0425. The van der Waals surface area contributed by atoms with Gasteiger partial charge in [0, 0.05) is 54.7 Å². The molecule has 4 aliphatic rings. The molecule has 12 heterocycles. The number of unbranched alkanes of at least 4 members (excludes halogenated alkanes) is 42. The number of esters is 2. The van der Waals surface area contributed by atoms with E-state index in [1.54, 1.807) is 90.4 Å². The monoisotopic (exact) mass is 2110 g/mol. The molecule has 2 unspecified atom stereocenters. The predicted molar refractivity (Wildman–Crippen MR) is 645 cm³/mol. The number of fused-ring (bicyclic) bond motifs is 14. The van der Waals surface area contributed by atoms with Crippen molar-refractivity contribution in [1.82, 2.24) is 0 Å². The molecule has 4 nitrogen and oxygen atoms in total. The molecule has 0 bridgehead atoms. The number of thiophene rings is 8. The maximum atomic E-state index is 15.5. The first-order valence-electron chi connectivity index (χ1n) is 58.9. The standard InChI is InChI=1S/C124H186O4S8Si4/c1-15-27-37-45-53-61-71-137(72-62-54-46-38-28-16-2)106-83-97-107(82-96(106)115-110(137)79-91(13)129-115)138(73-63-55-47-39-29-17-3,74-64-56-48-40-30-18-4)111-86-101(131-116(97)111)114-100-81-105(124(126)128-90-94(26-12)70-36-24-10)135-120(100)122(136-114)103-88-113-118(133-103)99-85-108-98(84-109(99)140(113,77-67-59-51-43-33-21-7)78-68-60-52-44-34-22-8)117-112(139(108,75-65-57-49-41-31-19-5)76-66-58-50-42-32-20-6)87-102(132-117)121-119-95(92(14)130-121)80-104(134-119)123(125)127-89-93(25-11)69-35-23-9/h79-88,93-94H,15-78,89-90H2,1-14H3. The van der Waals surface area contributed by atoms with Gasteiger partial charge in [0.15, 0.2) is 0 Å². The van der Waals surface area contributed by atoms with E-state index in [0.29, 0.717) is 25.0 Å². The summed E-state index contributed by atoms with van der Waals surface area (Å²) in [5, 5.41) is 16.9. The number of aryl methyl sites for hydroxylation is 2. The van der Waals surface area contributed by atoms with Crippen molar-refractivity contribution in [2.24, 2.45) is 11.8 Å². The van der Waals surface area contributed by atoms with Crippen LogP contribution < -0.4 is 41.5 Å². The Morgan fingerprint density at radius 1 is 0.243 bits per heavy atom. The summed E-state index contributed by atoms with van der Waals surface area (Å²) in [6.07, 6.45) is 72.9. The summed E-state index contributed by atoms with van der Waals surface area (Å²) in [5.74, 6) is 0.518. The van der Waals surface area contributed by atoms with Crippen LogP contribution in [0.25, 0.3) is 91.2 Å². The molecule has 16 heteroatoms. The molecule has 0 radical (unpaired) electrons. The first kappa shape index (κ1) is 112. The molecule has 14 rings (SSSR count). The van der Waals surface area contributed by atoms with Crippen LogP contribution in [-0.4, -0.2) is 57.4 Å². The second-order valence-electron chi connectivity index (χ2n) is 44.5. The fourth-order valence-corrected chi connectivity index (χ4v) is 60.9. The number of benzene rings is 2. The Labute approximate surface area is 888 Å². The van der Waals surface area contributed by atoms with Crippen LogP contribution in [0, 0.1) is 25.7 Å². The summed E-state index contributed by atoms with van der Waals surface area (Å²) in [6.45, 7) is 34.0. The number of carbonyl (C=O) groups excluding carboxylic acids is 2. The normalized spacial score (nSPS) is 14.8. The zero-order chi connectivity index (χ0) is 98.4. The van der Waals surface area contributed by atoms with Crippen molar-refractivity contribution in [3.8, 4) is 71.0 Å². The molecule has 0 N–H and O–H groups in total. The zero-order valence-corrected chi connectivity index (χ0v) is 101. The van der Waals surface area contributed by atoms with E-state index in [1.165, 1.54) is 435 Å². The van der Waals surface area contributed by atoms with Crippen LogP contribution in [0.2, 0.25) is 48.4 Å². The van der Waals surface area contributed by atoms with Gasteiger partial charge in [0.25, 0.3) is 0 Å². The molecular formula is C124H186O4S8Si4. The molecule has 0 spiro atoms. The van der Waals surface area contributed by atoms with Crippen molar-refractivity contribution in [1.29, 1.82) is 0 Å². The smallest absolute Gasteiger partial charge is 0.348 e. The number of carbonyl (C=O) groups is 2. The van der Waals surface area contributed by atoms with Crippen molar-refractivity contribution in [2.45, 2.75) is 505 Å². The molecule has 4 aliphatic heterocycles. The average Bonchev–Trinajstić information content (AvgIpc) is 1.52. The molecule has 0 aliphatic carbocycles.